The molecule has 1 aliphatic rings. The van der Waals surface area contributed by atoms with E-state index in [-0.39, 0.29) is 5.91 Å². The fourth-order valence-electron chi connectivity index (χ4n) is 2.31. The maximum Gasteiger partial charge on any atom is 0.269 e. The Morgan fingerprint density at radius 2 is 2.20 bits per heavy atom. The number of nitrogens with zero attached hydrogens (tertiary/aromatic N) is 2. The fourth-order valence-corrected chi connectivity index (χ4v) is 2.31. The van der Waals surface area contributed by atoms with Crippen molar-refractivity contribution >= 4 is 5.91 Å². The highest BCUT2D eigenvalue weighted by atomic mass is 16.5. The first-order valence-electron chi connectivity index (χ1n) is 7.05. The second kappa shape index (κ2) is 7.61. The highest BCUT2D eigenvalue weighted by molar-refractivity contribution is 5.92. The van der Waals surface area contributed by atoms with Gasteiger partial charge in [0.25, 0.3) is 5.91 Å². The van der Waals surface area contributed by atoms with Crippen LogP contribution in [0.4, 0.5) is 0 Å². The van der Waals surface area contributed by atoms with E-state index in [1.807, 2.05) is 6.07 Å². The van der Waals surface area contributed by atoms with E-state index < -0.39 is 0 Å². The molecule has 1 amide bonds. The van der Waals surface area contributed by atoms with Crippen molar-refractivity contribution in [3.63, 3.8) is 0 Å². The molecular weight excluding hydrogens is 254 g/mol. The molecule has 0 spiro atoms. The molecule has 0 radical (unpaired) electrons. The van der Waals surface area contributed by atoms with Crippen molar-refractivity contribution in [3.8, 4) is 6.07 Å². The Morgan fingerprint density at radius 1 is 1.40 bits per heavy atom. The van der Waals surface area contributed by atoms with Crippen LogP contribution in [0.2, 0.25) is 0 Å². The molecule has 106 valence electrons. The van der Waals surface area contributed by atoms with Gasteiger partial charge in [-0.2, -0.15) is 5.26 Å². The normalized spacial score (nSPS) is 15.6. The molecular formula is C15H19N3O2. The lowest BCUT2D eigenvalue weighted by atomic mass is 9.98. The summed E-state index contributed by atoms with van der Waals surface area (Å²) >= 11 is 0. The Bertz CT molecular complexity index is 473. The van der Waals surface area contributed by atoms with Gasteiger partial charge < -0.3 is 10.1 Å². The molecule has 1 N–H and O–H groups in total. The lowest BCUT2D eigenvalue weighted by Gasteiger charge is -2.21. The molecule has 1 aliphatic carbocycles. The average molecular weight is 273 g/mol. The zero-order valence-corrected chi connectivity index (χ0v) is 11.5. The van der Waals surface area contributed by atoms with Crippen LogP contribution in [0.3, 0.4) is 0 Å². The van der Waals surface area contributed by atoms with Crippen molar-refractivity contribution in [2.24, 2.45) is 0 Å². The largest absolute Gasteiger partial charge is 0.376 e. The van der Waals surface area contributed by atoms with Crippen LogP contribution in [-0.4, -0.2) is 30.1 Å². The zero-order chi connectivity index (χ0) is 14.2. The molecule has 0 aromatic carbocycles. The summed E-state index contributed by atoms with van der Waals surface area (Å²) in [6, 6.07) is 5.10. The van der Waals surface area contributed by atoms with Crippen LogP contribution in [0.5, 0.6) is 0 Å². The molecule has 20 heavy (non-hydrogen) atoms. The van der Waals surface area contributed by atoms with Gasteiger partial charge in [-0.15, -0.1) is 0 Å². The van der Waals surface area contributed by atoms with Gasteiger partial charge in [-0.25, -0.2) is 4.98 Å². The third-order valence-corrected chi connectivity index (χ3v) is 3.42. The van der Waals surface area contributed by atoms with Gasteiger partial charge in [-0.1, -0.05) is 19.3 Å². The second-order valence-electron chi connectivity index (χ2n) is 4.93. The van der Waals surface area contributed by atoms with Crippen LogP contribution in [0.15, 0.2) is 18.3 Å². The van der Waals surface area contributed by atoms with Crippen LogP contribution in [0.25, 0.3) is 0 Å². The number of aromatic nitrogens is 1. The Labute approximate surface area is 119 Å². The van der Waals surface area contributed by atoms with E-state index in [9.17, 15) is 4.79 Å². The molecule has 0 aliphatic heterocycles. The smallest absolute Gasteiger partial charge is 0.269 e. The molecule has 1 fully saturated rings. The van der Waals surface area contributed by atoms with E-state index in [1.165, 1.54) is 25.5 Å². The summed E-state index contributed by atoms with van der Waals surface area (Å²) in [7, 11) is 0. The second-order valence-corrected chi connectivity index (χ2v) is 4.93. The van der Waals surface area contributed by atoms with Crippen molar-refractivity contribution < 1.29 is 9.53 Å². The van der Waals surface area contributed by atoms with Crippen LogP contribution in [0, 0.1) is 11.3 Å². The quantitative estimate of drug-likeness (QED) is 0.833. The van der Waals surface area contributed by atoms with E-state index >= 15 is 0 Å². The van der Waals surface area contributed by atoms with Crippen molar-refractivity contribution in [2.45, 2.75) is 38.2 Å². The first-order valence-corrected chi connectivity index (χ1v) is 7.05. The van der Waals surface area contributed by atoms with Crippen molar-refractivity contribution in [1.82, 2.24) is 10.3 Å². The predicted octanol–water partition coefficient (Wildman–Crippen LogP) is 2.03. The summed E-state index contributed by atoms with van der Waals surface area (Å²) in [6.45, 7) is 1.02. The number of rotatable bonds is 5. The van der Waals surface area contributed by atoms with Crippen molar-refractivity contribution in [1.29, 1.82) is 5.26 Å². The van der Waals surface area contributed by atoms with Crippen molar-refractivity contribution in [3.05, 3.63) is 29.6 Å². The first-order chi connectivity index (χ1) is 9.79. The van der Waals surface area contributed by atoms with Gasteiger partial charge in [0, 0.05) is 12.7 Å². The number of nitriles is 1. The van der Waals surface area contributed by atoms with E-state index in [0.29, 0.717) is 30.5 Å². The molecule has 0 unspecified atom stereocenters. The third-order valence-electron chi connectivity index (χ3n) is 3.42. The van der Waals surface area contributed by atoms with Gasteiger partial charge in [0.1, 0.15) is 11.8 Å². The first kappa shape index (κ1) is 14.5. The lowest BCUT2D eigenvalue weighted by Crippen LogP contribution is -2.29. The minimum absolute atomic E-state index is 0.235. The number of carbonyl (C=O) groups is 1. The summed E-state index contributed by atoms with van der Waals surface area (Å²) < 4.78 is 5.73. The Kier molecular flexibility index (Phi) is 5.51. The summed E-state index contributed by atoms with van der Waals surface area (Å²) in [5.41, 5.74) is 0.767. The topological polar surface area (TPSA) is 75.0 Å². The maximum absolute atomic E-state index is 11.8. The summed E-state index contributed by atoms with van der Waals surface area (Å²) in [5.74, 6) is -0.235. The van der Waals surface area contributed by atoms with Gasteiger partial charge in [0.15, 0.2) is 0 Å². The number of carbonyl (C=O) groups excluding carboxylic acids is 1. The van der Waals surface area contributed by atoms with E-state index in [0.717, 1.165) is 12.8 Å². The minimum atomic E-state index is -0.235. The molecule has 0 bridgehead atoms. The van der Waals surface area contributed by atoms with Gasteiger partial charge in [0.05, 0.1) is 18.3 Å². The average Bonchev–Trinajstić information content (AvgIpc) is 2.52. The van der Waals surface area contributed by atoms with Crippen LogP contribution < -0.4 is 5.32 Å². The predicted molar refractivity (Wildman–Crippen MR) is 74.1 cm³/mol. The third kappa shape index (κ3) is 4.32. The number of hydrogen-bond donors (Lipinski definition) is 1. The van der Waals surface area contributed by atoms with Crippen molar-refractivity contribution in [2.75, 3.05) is 13.2 Å². The Morgan fingerprint density at radius 3 is 2.85 bits per heavy atom. The molecule has 5 nitrogen and oxygen atoms in total. The van der Waals surface area contributed by atoms with E-state index in [4.69, 9.17) is 10.00 Å². The Hall–Kier alpha value is -1.93. The zero-order valence-electron chi connectivity index (χ0n) is 11.5. The van der Waals surface area contributed by atoms with Gasteiger partial charge in [-0.3, -0.25) is 4.79 Å². The van der Waals surface area contributed by atoms with E-state index in [1.54, 1.807) is 12.1 Å². The molecule has 1 heterocycles. The standard InChI is InChI=1S/C15H19N3O2/c16-10-12-6-7-14(18-11-12)15(19)17-8-9-20-13-4-2-1-3-5-13/h6-7,11,13H,1-5,8-9H2,(H,17,19). The molecule has 0 saturated heterocycles. The van der Waals surface area contributed by atoms with Gasteiger partial charge in [0.2, 0.25) is 0 Å². The SMILES string of the molecule is N#Cc1ccc(C(=O)NCCOC2CCCCC2)nc1. The number of pyridine rings is 1. The molecule has 1 saturated carbocycles. The van der Waals surface area contributed by atoms with Crippen LogP contribution >= 0.6 is 0 Å². The Balaban J connectivity index is 1.67. The lowest BCUT2D eigenvalue weighted by molar-refractivity contribution is 0.0299. The highest BCUT2D eigenvalue weighted by Gasteiger charge is 2.13. The van der Waals surface area contributed by atoms with Crippen LogP contribution in [-0.2, 0) is 4.74 Å². The number of nitrogens with one attached hydrogen (secondary N) is 1. The number of ether oxygens (including phenoxy) is 1. The molecule has 5 heteroatoms. The highest BCUT2D eigenvalue weighted by Crippen LogP contribution is 2.19. The summed E-state index contributed by atoms with van der Waals surface area (Å²) in [5, 5.41) is 11.4. The minimum Gasteiger partial charge on any atom is -0.376 e. The molecule has 0 atom stereocenters. The number of amides is 1. The maximum atomic E-state index is 11.8. The summed E-state index contributed by atoms with van der Waals surface area (Å²) in [4.78, 5) is 15.7. The molecule has 1 aromatic heterocycles. The van der Waals surface area contributed by atoms with Crippen LogP contribution in [0.1, 0.15) is 48.2 Å². The fraction of sp³-hybridized carbons (Fsp3) is 0.533. The van der Waals surface area contributed by atoms with Gasteiger partial charge in [-0.05, 0) is 25.0 Å². The number of hydrogen-bond acceptors (Lipinski definition) is 4. The summed E-state index contributed by atoms with van der Waals surface area (Å²) in [6.07, 6.45) is 7.80. The molecule has 1 aromatic rings. The van der Waals surface area contributed by atoms with Gasteiger partial charge >= 0.3 is 0 Å². The van der Waals surface area contributed by atoms with E-state index in [2.05, 4.69) is 10.3 Å². The monoisotopic (exact) mass is 273 g/mol. The molecule has 2 rings (SSSR count).